The molecule has 2 rings (SSSR count). The first-order chi connectivity index (χ1) is 8.67. The molecule has 0 unspecified atom stereocenters. The molecule has 5 nitrogen and oxygen atoms in total. The van der Waals surface area contributed by atoms with Gasteiger partial charge >= 0.3 is 12.1 Å². The van der Waals surface area contributed by atoms with E-state index in [1.807, 2.05) is 0 Å². The fourth-order valence-electron chi connectivity index (χ4n) is 2.59. The van der Waals surface area contributed by atoms with Crippen molar-refractivity contribution in [3.63, 3.8) is 0 Å². The summed E-state index contributed by atoms with van der Waals surface area (Å²) in [6.07, 6.45) is 6.98. The molecule has 98 valence electrons. The summed E-state index contributed by atoms with van der Waals surface area (Å²) in [5.74, 6) is 0.0328. The molecule has 0 aromatic heterocycles. The van der Waals surface area contributed by atoms with E-state index in [9.17, 15) is 9.59 Å². The Morgan fingerprint density at radius 3 is 2.61 bits per heavy atom. The molecule has 0 spiro atoms. The third kappa shape index (κ3) is 2.25. The van der Waals surface area contributed by atoms with E-state index in [4.69, 9.17) is 9.47 Å². The topological polar surface area (TPSA) is 55.8 Å². The third-order valence-corrected chi connectivity index (χ3v) is 3.52. The van der Waals surface area contributed by atoms with Crippen molar-refractivity contribution in [3.8, 4) is 0 Å². The van der Waals surface area contributed by atoms with Gasteiger partial charge in [0.25, 0.3) is 0 Å². The van der Waals surface area contributed by atoms with Gasteiger partial charge in [0.1, 0.15) is 0 Å². The lowest BCUT2D eigenvalue weighted by Gasteiger charge is -2.37. The van der Waals surface area contributed by atoms with E-state index in [2.05, 4.69) is 12.2 Å². The molecule has 0 aromatic rings. The maximum Gasteiger partial charge on any atom is 0.413 e. The van der Waals surface area contributed by atoms with Crippen LogP contribution in [0.3, 0.4) is 0 Å². The molecule has 1 amide bonds. The van der Waals surface area contributed by atoms with Crippen molar-refractivity contribution < 1.29 is 19.1 Å². The van der Waals surface area contributed by atoms with Gasteiger partial charge < -0.3 is 9.47 Å². The monoisotopic (exact) mass is 251 g/mol. The zero-order valence-electron chi connectivity index (χ0n) is 10.6. The summed E-state index contributed by atoms with van der Waals surface area (Å²) in [6, 6.07) is 0. The van der Waals surface area contributed by atoms with E-state index in [0.717, 1.165) is 12.8 Å². The minimum Gasteiger partial charge on any atom is -0.466 e. The molecule has 2 atom stereocenters. The van der Waals surface area contributed by atoms with Gasteiger partial charge in [0.05, 0.1) is 19.8 Å². The summed E-state index contributed by atoms with van der Waals surface area (Å²) in [4.78, 5) is 24.8. The van der Waals surface area contributed by atoms with Gasteiger partial charge in [-0.1, -0.05) is 12.2 Å². The highest BCUT2D eigenvalue weighted by molar-refractivity contribution is 5.90. The summed E-state index contributed by atoms with van der Waals surface area (Å²) in [6.45, 7) is 0.585. The number of rotatable bonds is 1. The SMILES string of the molecule is COC(=O)C1=CN(C(=O)OC)C[C@@H]2CC=CC[C@H]12. The van der Waals surface area contributed by atoms with Gasteiger partial charge in [-0.05, 0) is 18.8 Å². The van der Waals surface area contributed by atoms with Gasteiger partial charge in [0, 0.05) is 18.7 Å². The predicted molar refractivity (Wildman–Crippen MR) is 64.6 cm³/mol. The van der Waals surface area contributed by atoms with Gasteiger partial charge in [0.15, 0.2) is 0 Å². The predicted octanol–water partition coefficient (Wildman–Crippen LogP) is 1.71. The molecule has 18 heavy (non-hydrogen) atoms. The normalized spacial score (nSPS) is 26.1. The molecule has 1 heterocycles. The Balaban J connectivity index is 2.29. The number of fused-ring (bicyclic) bond motifs is 1. The summed E-state index contributed by atoms with van der Waals surface area (Å²) in [5, 5.41) is 0. The quantitative estimate of drug-likeness (QED) is 0.526. The molecule has 0 fully saturated rings. The Labute approximate surface area is 106 Å². The Hall–Kier alpha value is -1.78. The molecule has 2 aliphatic rings. The highest BCUT2D eigenvalue weighted by Crippen LogP contribution is 2.36. The van der Waals surface area contributed by atoms with E-state index < -0.39 is 6.09 Å². The Morgan fingerprint density at radius 2 is 1.94 bits per heavy atom. The summed E-state index contributed by atoms with van der Waals surface area (Å²) >= 11 is 0. The van der Waals surface area contributed by atoms with E-state index in [1.54, 1.807) is 6.20 Å². The first-order valence-corrected chi connectivity index (χ1v) is 5.97. The molecule has 0 saturated heterocycles. The van der Waals surface area contributed by atoms with Crippen LogP contribution in [0, 0.1) is 11.8 Å². The second-order valence-corrected chi connectivity index (χ2v) is 4.51. The number of hydrogen-bond acceptors (Lipinski definition) is 4. The summed E-state index contributed by atoms with van der Waals surface area (Å²) < 4.78 is 9.49. The number of carbonyl (C=O) groups is 2. The van der Waals surface area contributed by atoms with Crippen LogP contribution in [0.2, 0.25) is 0 Å². The summed E-state index contributed by atoms with van der Waals surface area (Å²) in [7, 11) is 2.69. The molecule has 0 aromatic carbocycles. The average molecular weight is 251 g/mol. The van der Waals surface area contributed by atoms with Crippen molar-refractivity contribution in [3.05, 3.63) is 23.9 Å². The Bertz CT molecular complexity index is 413. The number of hydrogen-bond donors (Lipinski definition) is 0. The highest BCUT2D eigenvalue weighted by atomic mass is 16.5. The molecule has 1 aliphatic heterocycles. The van der Waals surface area contributed by atoms with E-state index in [-0.39, 0.29) is 17.8 Å². The van der Waals surface area contributed by atoms with Crippen molar-refractivity contribution in [1.82, 2.24) is 4.90 Å². The van der Waals surface area contributed by atoms with E-state index >= 15 is 0 Å². The van der Waals surface area contributed by atoms with E-state index in [0.29, 0.717) is 12.1 Å². The Kier molecular flexibility index (Phi) is 3.69. The van der Waals surface area contributed by atoms with Gasteiger partial charge in [-0.25, -0.2) is 9.59 Å². The van der Waals surface area contributed by atoms with Gasteiger partial charge in [-0.2, -0.15) is 0 Å². The highest BCUT2D eigenvalue weighted by Gasteiger charge is 2.36. The van der Waals surface area contributed by atoms with Crippen LogP contribution in [0.15, 0.2) is 23.9 Å². The number of nitrogens with zero attached hydrogens (tertiary/aromatic N) is 1. The molecular formula is C13H17NO4. The molecule has 1 aliphatic carbocycles. The second kappa shape index (κ2) is 5.25. The van der Waals surface area contributed by atoms with Gasteiger partial charge in [-0.3, -0.25) is 4.90 Å². The largest absolute Gasteiger partial charge is 0.466 e. The lowest BCUT2D eigenvalue weighted by molar-refractivity contribution is -0.137. The van der Waals surface area contributed by atoms with Gasteiger partial charge in [-0.15, -0.1) is 0 Å². The number of amides is 1. The van der Waals surface area contributed by atoms with Crippen molar-refractivity contribution in [1.29, 1.82) is 0 Å². The number of ether oxygens (including phenoxy) is 2. The minimum absolute atomic E-state index is 0.142. The van der Waals surface area contributed by atoms with Crippen LogP contribution in [0.5, 0.6) is 0 Å². The molecular weight excluding hydrogens is 234 g/mol. The second-order valence-electron chi connectivity index (χ2n) is 4.51. The van der Waals surface area contributed by atoms with Crippen LogP contribution in [-0.4, -0.2) is 37.7 Å². The molecule has 0 bridgehead atoms. The molecule has 0 N–H and O–H groups in total. The fourth-order valence-corrected chi connectivity index (χ4v) is 2.59. The van der Waals surface area contributed by atoms with Crippen molar-refractivity contribution in [2.75, 3.05) is 20.8 Å². The number of allylic oxidation sites excluding steroid dienone is 2. The van der Waals surface area contributed by atoms with Crippen LogP contribution >= 0.6 is 0 Å². The first kappa shape index (κ1) is 12.7. The zero-order valence-corrected chi connectivity index (χ0v) is 10.6. The van der Waals surface area contributed by atoms with Crippen molar-refractivity contribution in [2.45, 2.75) is 12.8 Å². The zero-order chi connectivity index (χ0) is 13.1. The fraction of sp³-hybridized carbons (Fsp3) is 0.538. The first-order valence-electron chi connectivity index (χ1n) is 5.97. The van der Waals surface area contributed by atoms with Crippen molar-refractivity contribution in [2.24, 2.45) is 11.8 Å². The molecule has 0 saturated carbocycles. The smallest absolute Gasteiger partial charge is 0.413 e. The maximum atomic E-state index is 11.8. The molecule has 0 radical (unpaired) electrons. The molecule has 5 heteroatoms. The maximum absolute atomic E-state index is 11.8. The van der Waals surface area contributed by atoms with Crippen LogP contribution in [0.25, 0.3) is 0 Å². The lowest BCUT2D eigenvalue weighted by atomic mass is 9.76. The minimum atomic E-state index is -0.440. The average Bonchev–Trinajstić information content (AvgIpc) is 2.44. The van der Waals surface area contributed by atoms with Gasteiger partial charge in [0.2, 0.25) is 0 Å². The van der Waals surface area contributed by atoms with Crippen LogP contribution in [0.4, 0.5) is 4.79 Å². The third-order valence-electron chi connectivity index (χ3n) is 3.52. The van der Waals surface area contributed by atoms with E-state index in [1.165, 1.54) is 19.1 Å². The number of carbonyl (C=O) groups excluding carboxylic acids is 2. The van der Waals surface area contributed by atoms with Crippen LogP contribution < -0.4 is 0 Å². The number of methoxy groups -OCH3 is 2. The lowest BCUT2D eigenvalue weighted by Crippen LogP contribution is -2.41. The van der Waals surface area contributed by atoms with Crippen LogP contribution in [0.1, 0.15) is 12.8 Å². The summed E-state index contributed by atoms with van der Waals surface area (Å²) in [5.41, 5.74) is 0.559. The van der Waals surface area contributed by atoms with Crippen molar-refractivity contribution >= 4 is 12.1 Å². The Morgan fingerprint density at radius 1 is 1.22 bits per heavy atom. The van der Waals surface area contributed by atoms with Crippen LogP contribution in [-0.2, 0) is 14.3 Å². The standard InChI is InChI=1S/C13H17NO4/c1-17-12(15)11-8-14(13(16)18-2)7-9-5-3-4-6-10(9)11/h3-4,8-10H,5-7H2,1-2H3/t9-,10-/m0/s1. The number of esters is 1.